The molecule has 2 heterocycles. The molecule has 1 aromatic rings. The molecule has 124 valence electrons. The number of pyridine rings is 1. The number of urea groups is 1. The highest BCUT2D eigenvalue weighted by Gasteiger charge is 2.55. The lowest BCUT2D eigenvalue weighted by molar-refractivity contribution is -0.149. The van der Waals surface area contributed by atoms with Crippen LogP contribution in [0.3, 0.4) is 0 Å². The van der Waals surface area contributed by atoms with Gasteiger partial charge in [-0.15, -0.1) is 0 Å². The van der Waals surface area contributed by atoms with Crippen molar-refractivity contribution in [2.75, 3.05) is 18.4 Å². The van der Waals surface area contributed by atoms with Gasteiger partial charge in [0.2, 0.25) is 0 Å². The minimum atomic E-state index is -0.796. The van der Waals surface area contributed by atoms with E-state index in [0.717, 1.165) is 12.8 Å². The Labute approximate surface area is 133 Å². The number of carbonyl (C=O) groups excluding carboxylic acids is 1. The number of aromatic nitrogens is 1. The molecule has 0 bridgehead atoms. The van der Waals surface area contributed by atoms with E-state index in [1.165, 1.54) is 10.6 Å². The Hall–Kier alpha value is -2.31. The number of amides is 2. The second kappa shape index (κ2) is 5.72. The monoisotopic (exact) mass is 319 g/mol. The van der Waals surface area contributed by atoms with Crippen molar-refractivity contribution in [3.63, 3.8) is 0 Å². The fourth-order valence-electron chi connectivity index (χ4n) is 3.85. The topological polar surface area (TPSA) is 91.6 Å². The van der Waals surface area contributed by atoms with Gasteiger partial charge in [-0.2, -0.15) is 0 Å². The van der Waals surface area contributed by atoms with Crippen molar-refractivity contribution < 1.29 is 14.7 Å². The first-order valence-corrected chi connectivity index (χ1v) is 7.96. The van der Waals surface area contributed by atoms with Crippen molar-refractivity contribution in [2.24, 2.45) is 11.3 Å². The minimum Gasteiger partial charge on any atom is -0.481 e. The maximum Gasteiger partial charge on any atom is 0.321 e. The molecule has 2 amide bonds. The van der Waals surface area contributed by atoms with Crippen LogP contribution < -0.4 is 10.9 Å². The average molecular weight is 319 g/mol. The predicted molar refractivity (Wildman–Crippen MR) is 84.4 cm³/mol. The fraction of sp³-hybridized carbons (Fsp3) is 0.562. The quantitative estimate of drug-likeness (QED) is 0.885. The molecule has 2 atom stereocenters. The van der Waals surface area contributed by atoms with Gasteiger partial charge in [-0.1, -0.05) is 6.42 Å². The Kier molecular flexibility index (Phi) is 3.87. The first-order chi connectivity index (χ1) is 11.0. The van der Waals surface area contributed by atoms with Gasteiger partial charge in [0.25, 0.3) is 5.56 Å². The summed E-state index contributed by atoms with van der Waals surface area (Å²) in [6.07, 6.45) is 4.01. The van der Waals surface area contributed by atoms with E-state index in [4.69, 9.17) is 0 Å². The zero-order valence-electron chi connectivity index (χ0n) is 13.1. The number of fused-ring (bicyclic) bond motifs is 1. The first kappa shape index (κ1) is 15.6. The summed E-state index contributed by atoms with van der Waals surface area (Å²) in [6.45, 7) is 3.11. The fourth-order valence-corrected chi connectivity index (χ4v) is 3.85. The summed E-state index contributed by atoms with van der Waals surface area (Å²) in [7, 11) is 0. The van der Waals surface area contributed by atoms with Gasteiger partial charge in [-0.3, -0.25) is 9.59 Å². The summed E-state index contributed by atoms with van der Waals surface area (Å²) in [6, 6.07) is 2.67. The Morgan fingerprint density at radius 3 is 2.87 bits per heavy atom. The number of anilines is 1. The lowest BCUT2D eigenvalue weighted by atomic mass is 9.81. The number of aliphatic carboxylic acids is 1. The lowest BCUT2D eigenvalue weighted by Gasteiger charge is -2.23. The van der Waals surface area contributed by atoms with Crippen LogP contribution in [0, 0.1) is 11.3 Å². The van der Waals surface area contributed by atoms with Crippen LogP contribution in [0.25, 0.3) is 0 Å². The highest BCUT2D eigenvalue weighted by Crippen LogP contribution is 2.48. The highest BCUT2D eigenvalue weighted by atomic mass is 16.4. The first-order valence-electron chi connectivity index (χ1n) is 7.96. The molecule has 23 heavy (non-hydrogen) atoms. The second-order valence-corrected chi connectivity index (χ2v) is 6.40. The Morgan fingerprint density at radius 2 is 2.22 bits per heavy atom. The molecule has 1 saturated heterocycles. The van der Waals surface area contributed by atoms with E-state index in [2.05, 4.69) is 5.32 Å². The number of likely N-dealkylation sites (tertiary alicyclic amines) is 1. The SMILES string of the molecule is CCn1cc(NC(=O)N2C[C@@H]3CCC[C@@]3(C(=O)O)C2)ccc1=O. The van der Waals surface area contributed by atoms with E-state index in [1.54, 1.807) is 17.2 Å². The molecule has 1 aliphatic carbocycles. The molecular formula is C16H21N3O4. The van der Waals surface area contributed by atoms with E-state index in [9.17, 15) is 19.5 Å². The molecule has 7 nitrogen and oxygen atoms in total. The Morgan fingerprint density at radius 1 is 1.43 bits per heavy atom. The molecule has 1 aliphatic heterocycles. The predicted octanol–water partition coefficient (Wildman–Crippen LogP) is 1.59. The van der Waals surface area contributed by atoms with Crippen molar-refractivity contribution in [1.82, 2.24) is 9.47 Å². The molecule has 1 aromatic heterocycles. The van der Waals surface area contributed by atoms with Gasteiger partial charge < -0.3 is 19.9 Å². The van der Waals surface area contributed by atoms with Crippen molar-refractivity contribution >= 4 is 17.7 Å². The van der Waals surface area contributed by atoms with Crippen LogP contribution in [0.2, 0.25) is 0 Å². The third-order valence-electron chi connectivity index (χ3n) is 5.16. The van der Waals surface area contributed by atoms with E-state index >= 15 is 0 Å². The highest BCUT2D eigenvalue weighted by molar-refractivity contribution is 5.90. The molecule has 0 spiro atoms. The largest absolute Gasteiger partial charge is 0.481 e. The molecule has 7 heteroatoms. The number of nitrogens with zero attached hydrogens (tertiary/aromatic N) is 2. The zero-order chi connectivity index (χ0) is 16.6. The normalized spacial score (nSPS) is 26.1. The van der Waals surface area contributed by atoms with Crippen molar-refractivity contribution in [3.05, 3.63) is 28.7 Å². The number of nitrogens with one attached hydrogen (secondary N) is 1. The standard InChI is InChI=1S/C16H21N3O4/c1-2-18-9-12(5-6-13(18)20)17-15(23)19-8-11-4-3-7-16(11,10-19)14(21)22/h5-6,9,11H,2-4,7-8,10H2,1H3,(H,17,23)(H,21,22)/t11-,16+/m0/s1. The van der Waals surface area contributed by atoms with Gasteiger partial charge >= 0.3 is 12.0 Å². The summed E-state index contributed by atoms with van der Waals surface area (Å²) < 4.78 is 1.51. The summed E-state index contributed by atoms with van der Waals surface area (Å²) in [5, 5.41) is 12.3. The van der Waals surface area contributed by atoms with Crippen LogP contribution in [0.1, 0.15) is 26.2 Å². The zero-order valence-corrected chi connectivity index (χ0v) is 13.1. The van der Waals surface area contributed by atoms with Crippen LogP contribution in [0.5, 0.6) is 0 Å². The maximum atomic E-state index is 12.4. The van der Waals surface area contributed by atoms with Gasteiger partial charge in [0.05, 0.1) is 11.1 Å². The molecule has 2 aliphatic rings. The summed E-state index contributed by atoms with van der Waals surface area (Å²) in [5.41, 5.74) is -0.358. The number of aryl methyl sites for hydroxylation is 1. The second-order valence-electron chi connectivity index (χ2n) is 6.40. The van der Waals surface area contributed by atoms with Gasteiger partial charge in [0.1, 0.15) is 0 Å². The van der Waals surface area contributed by atoms with Crippen LogP contribution in [-0.2, 0) is 11.3 Å². The molecular weight excluding hydrogens is 298 g/mol. The van der Waals surface area contributed by atoms with Crippen LogP contribution >= 0.6 is 0 Å². The number of hydrogen-bond donors (Lipinski definition) is 2. The average Bonchev–Trinajstić information content (AvgIpc) is 3.07. The van der Waals surface area contributed by atoms with Gasteiger partial charge in [0.15, 0.2) is 0 Å². The number of hydrogen-bond acceptors (Lipinski definition) is 3. The van der Waals surface area contributed by atoms with Crippen molar-refractivity contribution in [2.45, 2.75) is 32.7 Å². The smallest absolute Gasteiger partial charge is 0.321 e. The van der Waals surface area contributed by atoms with Crippen LogP contribution in [-0.4, -0.2) is 39.7 Å². The maximum absolute atomic E-state index is 12.4. The molecule has 0 radical (unpaired) electrons. The van der Waals surface area contributed by atoms with Gasteiger partial charge in [-0.25, -0.2) is 4.79 Å². The number of carboxylic acid groups (broad SMARTS) is 1. The summed E-state index contributed by atoms with van der Waals surface area (Å²) in [5.74, 6) is -0.759. The van der Waals surface area contributed by atoms with E-state index in [0.29, 0.717) is 25.2 Å². The van der Waals surface area contributed by atoms with Crippen LogP contribution in [0.4, 0.5) is 10.5 Å². The molecule has 2 fully saturated rings. The number of carbonyl (C=O) groups is 2. The summed E-state index contributed by atoms with van der Waals surface area (Å²) in [4.78, 5) is 37.2. The molecule has 3 rings (SSSR count). The van der Waals surface area contributed by atoms with Crippen molar-refractivity contribution in [3.8, 4) is 0 Å². The lowest BCUT2D eigenvalue weighted by Crippen LogP contribution is -2.38. The summed E-state index contributed by atoms with van der Waals surface area (Å²) >= 11 is 0. The minimum absolute atomic E-state index is 0.0374. The van der Waals surface area contributed by atoms with Gasteiger partial charge in [-0.05, 0) is 31.7 Å². The van der Waals surface area contributed by atoms with E-state index in [1.807, 2.05) is 6.92 Å². The third-order valence-corrected chi connectivity index (χ3v) is 5.16. The molecule has 1 saturated carbocycles. The van der Waals surface area contributed by atoms with Crippen LogP contribution in [0.15, 0.2) is 23.1 Å². The Balaban J connectivity index is 1.73. The molecule has 0 aromatic carbocycles. The molecule has 2 N–H and O–H groups in total. The van der Waals surface area contributed by atoms with Crippen molar-refractivity contribution in [1.29, 1.82) is 0 Å². The Bertz CT molecular complexity index is 699. The number of carboxylic acids is 1. The van der Waals surface area contributed by atoms with E-state index < -0.39 is 11.4 Å². The number of rotatable bonds is 3. The van der Waals surface area contributed by atoms with E-state index in [-0.39, 0.29) is 24.1 Å². The molecule has 0 unspecified atom stereocenters. The third kappa shape index (κ3) is 2.60. The van der Waals surface area contributed by atoms with Gasteiger partial charge in [0, 0.05) is 31.9 Å².